The smallest absolute Gasteiger partial charge is 0.235 e. The molecule has 1 N–H and O–H groups in total. The summed E-state index contributed by atoms with van der Waals surface area (Å²) in [6.07, 6.45) is 4.01. The van der Waals surface area contributed by atoms with Crippen molar-refractivity contribution >= 4 is 51.6 Å². The highest BCUT2D eigenvalue weighted by Gasteiger charge is 2.16. The van der Waals surface area contributed by atoms with Crippen LogP contribution in [0.1, 0.15) is 18.4 Å². The Bertz CT molecular complexity index is 759. The molecular formula is C17H19ClN4OS2. The van der Waals surface area contributed by atoms with Crippen LogP contribution in [-0.4, -0.2) is 43.8 Å². The maximum absolute atomic E-state index is 12.2. The Morgan fingerprint density at radius 1 is 1.28 bits per heavy atom. The fourth-order valence-corrected chi connectivity index (χ4v) is 3.90. The topological polar surface area (TPSA) is 50.2 Å². The summed E-state index contributed by atoms with van der Waals surface area (Å²) in [5, 5.41) is 7.84. The summed E-state index contributed by atoms with van der Waals surface area (Å²) < 4.78 is 2.53. The van der Waals surface area contributed by atoms with E-state index in [1.807, 2.05) is 24.3 Å². The molecule has 1 amide bonds. The van der Waals surface area contributed by atoms with E-state index in [-0.39, 0.29) is 5.91 Å². The zero-order chi connectivity index (χ0) is 17.6. The number of anilines is 1. The highest BCUT2D eigenvalue weighted by Crippen LogP contribution is 2.19. The highest BCUT2D eigenvalue weighted by molar-refractivity contribution is 8.23. The van der Waals surface area contributed by atoms with Crippen molar-refractivity contribution in [2.45, 2.75) is 19.4 Å². The molecule has 3 rings (SSSR count). The highest BCUT2D eigenvalue weighted by atomic mass is 35.5. The van der Waals surface area contributed by atoms with Gasteiger partial charge in [0, 0.05) is 24.2 Å². The van der Waals surface area contributed by atoms with Crippen LogP contribution in [0.5, 0.6) is 0 Å². The second-order valence-corrected chi connectivity index (χ2v) is 7.78. The lowest BCUT2D eigenvalue weighted by Gasteiger charge is -2.17. The van der Waals surface area contributed by atoms with Gasteiger partial charge < -0.3 is 10.2 Å². The normalized spacial score (nSPS) is 13.9. The van der Waals surface area contributed by atoms with Crippen molar-refractivity contribution in [3.8, 4) is 0 Å². The second-order valence-electron chi connectivity index (χ2n) is 5.76. The second kappa shape index (κ2) is 8.69. The molecule has 132 valence electrons. The summed E-state index contributed by atoms with van der Waals surface area (Å²) in [7, 11) is 0. The number of hydrogen-bond acceptors (Lipinski definition) is 4. The van der Waals surface area contributed by atoms with Crippen molar-refractivity contribution < 1.29 is 4.79 Å². The van der Waals surface area contributed by atoms with Crippen LogP contribution in [0.15, 0.2) is 36.5 Å². The fourth-order valence-electron chi connectivity index (χ4n) is 2.65. The number of hydrogen-bond donors (Lipinski definition) is 1. The molecule has 1 aromatic carbocycles. The van der Waals surface area contributed by atoms with Crippen LogP contribution in [0.3, 0.4) is 0 Å². The lowest BCUT2D eigenvalue weighted by Crippen LogP contribution is -2.25. The van der Waals surface area contributed by atoms with Crippen molar-refractivity contribution in [2.75, 3.05) is 24.2 Å². The Hall–Kier alpha value is -1.57. The molecule has 0 spiro atoms. The third-order valence-corrected chi connectivity index (χ3v) is 5.85. The number of thiocarbonyl (C=S) groups is 1. The van der Waals surface area contributed by atoms with Crippen molar-refractivity contribution in [3.05, 3.63) is 47.1 Å². The first kappa shape index (κ1) is 18.2. The number of benzene rings is 1. The largest absolute Gasteiger partial charge is 0.358 e. The molecule has 0 unspecified atom stereocenters. The summed E-state index contributed by atoms with van der Waals surface area (Å²) in [5.41, 5.74) is 0.952. The predicted molar refractivity (Wildman–Crippen MR) is 107 cm³/mol. The summed E-state index contributed by atoms with van der Waals surface area (Å²) in [5.74, 6) is 0.858. The summed E-state index contributed by atoms with van der Waals surface area (Å²) in [4.78, 5) is 14.4. The van der Waals surface area contributed by atoms with Crippen LogP contribution >= 0.6 is 35.6 Å². The molecule has 0 atom stereocenters. The molecule has 1 fully saturated rings. The van der Waals surface area contributed by atoms with Crippen LogP contribution < -0.4 is 5.32 Å². The number of aromatic nitrogens is 2. The van der Waals surface area contributed by atoms with Crippen LogP contribution in [0.25, 0.3) is 0 Å². The minimum absolute atomic E-state index is 0.0903. The summed E-state index contributed by atoms with van der Waals surface area (Å²) >= 11 is 13.0. The molecule has 0 aliphatic carbocycles. The van der Waals surface area contributed by atoms with Crippen LogP contribution in [-0.2, 0) is 11.3 Å². The zero-order valence-corrected chi connectivity index (χ0v) is 16.0. The number of nitrogens with zero attached hydrogens (tertiary/aromatic N) is 3. The zero-order valence-electron chi connectivity index (χ0n) is 13.7. The Morgan fingerprint density at radius 2 is 2.04 bits per heavy atom. The third-order valence-electron chi connectivity index (χ3n) is 3.95. The first-order valence-electron chi connectivity index (χ1n) is 8.10. The molecule has 5 nitrogen and oxygen atoms in total. The van der Waals surface area contributed by atoms with Gasteiger partial charge in [0.05, 0.1) is 18.5 Å². The number of carbonyl (C=O) groups excluding carboxylic acids is 1. The number of amides is 1. The summed E-state index contributed by atoms with van der Waals surface area (Å²) in [6.45, 7) is 2.50. The average Bonchev–Trinajstić information content (AvgIpc) is 3.27. The summed E-state index contributed by atoms with van der Waals surface area (Å²) in [6, 6.07) is 9.38. The van der Waals surface area contributed by atoms with Crippen LogP contribution in [0, 0.1) is 0 Å². The molecule has 0 radical (unpaired) electrons. The molecule has 0 saturated carbocycles. The SMILES string of the molecule is O=C(CSC(=S)N1CCCC1)Nc1ccnn1Cc1ccccc1Cl. The predicted octanol–water partition coefficient (Wildman–Crippen LogP) is 3.64. The van der Waals surface area contributed by atoms with E-state index in [0.29, 0.717) is 23.1 Å². The van der Waals surface area contributed by atoms with E-state index < -0.39 is 0 Å². The van der Waals surface area contributed by atoms with Gasteiger partial charge >= 0.3 is 0 Å². The molecule has 1 aliphatic rings. The molecule has 8 heteroatoms. The van der Waals surface area contributed by atoms with E-state index in [0.717, 1.165) is 23.0 Å². The van der Waals surface area contributed by atoms with Crippen molar-refractivity contribution in [1.82, 2.24) is 14.7 Å². The number of likely N-dealkylation sites (tertiary alicyclic amines) is 1. The van der Waals surface area contributed by atoms with Gasteiger partial charge in [-0.1, -0.05) is 53.8 Å². The van der Waals surface area contributed by atoms with Gasteiger partial charge in [-0.15, -0.1) is 0 Å². The van der Waals surface area contributed by atoms with E-state index in [1.165, 1.54) is 24.6 Å². The maximum atomic E-state index is 12.2. The Morgan fingerprint density at radius 3 is 2.80 bits per heavy atom. The van der Waals surface area contributed by atoms with Gasteiger partial charge in [-0.25, -0.2) is 4.68 Å². The number of halogens is 1. The molecule has 1 aliphatic heterocycles. The molecule has 0 bridgehead atoms. The molecule has 25 heavy (non-hydrogen) atoms. The first-order valence-corrected chi connectivity index (χ1v) is 9.87. The van der Waals surface area contributed by atoms with E-state index in [9.17, 15) is 4.79 Å². The molecule has 1 aromatic heterocycles. The third kappa shape index (κ3) is 4.96. The Kier molecular flexibility index (Phi) is 6.34. The van der Waals surface area contributed by atoms with Crippen molar-refractivity contribution in [2.24, 2.45) is 0 Å². The van der Waals surface area contributed by atoms with Gasteiger partial charge in [0.25, 0.3) is 0 Å². The van der Waals surface area contributed by atoms with E-state index in [1.54, 1.807) is 16.9 Å². The fraction of sp³-hybridized carbons (Fsp3) is 0.353. The van der Waals surface area contributed by atoms with Crippen molar-refractivity contribution in [1.29, 1.82) is 0 Å². The standard InChI is InChI=1S/C17H19ClN4OS2/c18-14-6-2-1-5-13(14)11-22-15(7-8-19-22)20-16(23)12-25-17(24)21-9-3-4-10-21/h1-2,5-8H,3-4,9-12H2,(H,20,23). The number of carbonyl (C=O) groups is 1. The maximum Gasteiger partial charge on any atom is 0.235 e. The number of nitrogens with one attached hydrogen (secondary N) is 1. The van der Waals surface area contributed by atoms with Gasteiger partial charge in [0.1, 0.15) is 10.1 Å². The van der Waals surface area contributed by atoms with Gasteiger partial charge in [-0.3, -0.25) is 4.79 Å². The average molecular weight is 395 g/mol. The lowest BCUT2D eigenvalue weighted by molar-refractivity contribution is -0.113. The van der Waals surface area contributed by atoms with Gasteiger partial charge in [-0.05, 0) is 24.5 Å². The lowest BCUT2D eigenvalue weighted by atomic mass is 10.2. The van der Waals surface area contributed by atoms with Crippen molar-refractivity contribution in [3.63, 3.8) is 0 Å². The Balaban J connectivity index is 1.54. The monoisotopic (exact) mass is 394 g/mol. The van der Waals surface area contributed by atoms with Gasteiger partial charge in [0.15, 0.2) is 0 Å². The Labute approximate surface area is 161 Å². The van der Waals surface area contributed by atoms with E-state index >= 15 is 0 Å². The first-order chi connectivity index (χ1) is 12.1. The quantitative estimate of drug-likeness (QED) is 0.784. The van der Waals surface area contributed by atoms with Crippen LogP contribution in [0.4, 0.5) is 5.82 Å². The van der Waals surface area contributed by atoms with E-state index in [4.69, 9.17) is 23.8 Å². The van der Waals surface area contributed by atoms with Gasteiger partial charge in [-0.2, -0.15) is 5.10 Å². The number of rotatable bonds is 5. The molecule has 2 aromatic rings. The minimum atomic E-state index is -0.0903. The van der Waals surface area contributed by atoms with Crippen LogP contribution in [0.2, 0.25) is 5.02 Å². The molecule has 2 heterocycles. The molecule has 1 saturated heterocycles. The van der Waals surface area contributed by atoms with E-state index in [2.05, 4.69) is 15.3 Å². The minimum Gasteiger partial charge on any atom is -0.358 e. The number of thioether (sulfide) groups is 1. The molecular weight excluding hydrogens is 376 g/mol. The van der Waals surface area contributed by atoms with Gasteiger partial charge in [0.2, 0.25) is 5.91 Å².